The van der Waals surface area contributed by atoms with Crippen molar-refractivity contribution in [2.75, 3.05) is 13.2 Å². The highest BCUT2D eigenvalue weighted by atomic mass is 16.5. The SMILES string of the molecule is C=CCOc1cc(Cc2ccc(C3C(=O)C=CC3=O)c(OCC=C)c2)ccc1C1C(=O)C=CC1=O. The first-order valence-corrected chi connectivity index (χ1v) is 11.2. The molecule has 4 rings (SSSR count). The summed E-state index contributed by atoms with van der Waals surface area (Å²) in [5.74, 6) is -1.95. The van der Waals surface area contributed by atoms with E-state index >= 15 is 0 Å². The second-order valence-corrected chi connectivity index (χ2v) is 8.26. The van der Waals surface area contributed by atoms with Crippen molar-refractivity contribution in [1.82, 2.24) is 0 Å². The van der Waals surface area contributed by atoms with Gasteiger partial charge in [-0.3, -0.25) is 19.2 Å². The van der Waals surface area contributed by atoms with E-state index in [1.807, 2.05) is 24.3 Å². The summed E-state index contributed by atoms with van der Waals surface area (Å²) < 4.78 is 11.6. The summed E-state index contributed by atoms with van der Waals surface area (Å²) in [7, 11) is 0. The van der Waals surface area contributed by atoms with E-state index in [-0.39, 0.29) is 36.3 Å². The topological polar surface area (TPSA) is 86.7 Å². The maximum atomic E-state index is 12.2. The molecule has 0 spiro atoms. The van der Waals surface area contributed by atoms with Gasteiger partial charge in [0.15, 0.2) is 23.1 Å². The van der Waals surface area contributed by atoms with E-state index in [4.69, 9.17) is 9.47 Å². The number of ether oxygens (including phenoxy) is 2. The first-order valence-electron chi connectivity index (χ1n) is 11.2. The second-order valence-electron chi connectivity index (χ2n) is 8.26. The molecule has 6 nitrogen and oxygen atoms in total. The van der Waals surface area contributed by atoms with Gasteiger partial charge in [-0.2, -0.15) is 0 Å². The third-order valence-electron chi connectivity index (χ3n) is 5.86. The smallest absolute Gasteiger partial charge is 0.171 e. The molecule has 2 aliphatic rings. The largest absolute Gasteiger partial charge is 0.489 e. The van der Waals surface area contributed by atoms with E-state index in [1.165, 1.54) is 24.3 Å². The number of hydrogen-bond acceptors (Lipinski definition) is 6. The summed E-state index contributed by atoms with van der Waals surface area (Å²) in [4.78, 5) is 49.0. The molecular formula is C29H24O6. The van der Waals surface area contributed by atoms with Crippen molar-refractivity contribution in [2.24, 2.45) is 0 Å². The minimum Gasteiger partial charge on any atom is -0.489 e. The van der Waals surface area contributed by atoms with E-state index in [1.54, 1.807) is 24.3 Å². The third-order valence-corrected chi connectivity index (χ3v) is 5.86. The normalized spacial score (nSPS) is 15.8. The molecule has 2 aromatic carbocycles. The maximum absolute atomic E-state index is 12.2. The average molecular weight is 469 g/mol. The Hall–Kier alpha value is -4.32. The molecule has 0 amide bonds. The molecule has 2 aliphatic carbocycles. The lowest BCUT2D eigenvalue weighted by atomic mass is 9.90. The molecule has 0 aliphatic heterocycles. The van der Waals surface area contributed by atoms with Crippen LogP contribution in [0.2, 0.25) is 0 Å². The number of benzene rings is 2. The van der Waals surface area contributed by atoms with Crippen LogP contribution in [0.4, 0.5) is 0 Å². The molecule has 176 valence electrons. The molecule has 0 aromatic heterocycles. The molecule has 35 heavy (non-hydrogen) atoms. The summed E-state index contributed by atoms with van der Waals surface area (Å²) in [6.07, 6.45) is 8.84. The first kappa shape index (κ1) is 23.8. The lowest BCUT2D eigenvalue weighted by Crippen LogP contribution is -2.15. The number of rotatable bonds is 10. The zero-order valence-corrected chi connectivity index (χ0v) is 19.1. The van der Waals surface area contributed by atoms with Gasteiger partial charge in [-0.05, 0) is 54.0 Å². The van der Waals surface area contributed by atoms with Crippen LogP contribution in [0.15, 0.2) is 86.0 Å². The fraction of sp³-hybridized carbons (Fsp3) is 0.172. The molecule has 0 saturated heterocycles. The van der Waals surface area contributed by atoms with E-state index in [2.05, 4.69) is 13.2 Å². The van der Waals surface area contributed by atoms with Crippen LogP contribution in [-0.2, 0) is 25.6 Å². The predicted molar refractivity (Wildman–Crippen MR) is 131 cm³/mol. The van der Waals surface area contributed by atoms with Crippen LogP contribution in [0.5, 0.6) is 11.5 Å². The summed E-state index contributed by atoms with van der Waals surface area (Å²) in [6, 6.07) is 10.8. The maximum Gasteiger partial charge on any atom is 0.171 e. The summed E-state index contributed by atoms with van der Waals surface area (Å²) in [5.41, 5.74) is 2.81. The predicted octanol–water partition coefficient (Wildman–Crippen LogP) is 3.99. The van der Waals surface area contributed by atoms with E-state index in [0.717, 1.165) is 11.1 Å². The minimum atomic E-state index is -0.892. The third kappa shape index (κ3) is 4.96. The van der Waals surface area contributed by atoms with Crippen LogP contribution in [0.25, 0.3) is 0 Å². The average Bonchev–Trinajstić information content (AvgIpc) is 3.36. The van der Waals surface area contributed by atoms with Gasteiger partial charge < -0.3 is 9.47 Å². The van der Waals surface area contributed by atoms with Crippen molar-refractivity contribution in [2.45, 2.75) is 18.3 Å². The van der Waals surface area contributed by atoms with Crippen LogP contribution in [0.1, 0.15) is 34.1 Å². The highest BCUT2D eigenvalue weighted by Crippen LogP contribution is 2.35. The molecule has 0 unspecified atom stereocenters. The van der Waals surface area contributed by atoms with Gasteiger partial charge in [-0.1, -0.05) is 49.6 Å². The number of allylic oxidation sites excluding steroid dienone is 4. The number of ketones is 4. The molecule has 0 atom stereocenters. The van der Waals surface area contributed by atoms with Crippen LogP contribution >= 0.6 is 0 Å². The van der Waals surface area contributed by atoms with Crippen molar-refractivity contribution in [3.8, 4) is 11.5 Å². The van der Waals surface area contributed by atoms with Crippen LogP contribution < -0.4 is 9.47 Å². The fourth-order valence-corrected chi connectivity index (χ4v) is 4.24. The minimum absolute atomic E-state index is 0.227. The van der Waals surface area contributed by atoms with Crippen molar-refractivity contribution in [3.05, 3.63) is 108 Å². The molecule has 0 radical (unpaired) electrons. The summed E-state index contributed by atoms with van der Waals surface area (Å²) in [6.45, 7) is 7.78. The van der Waals surface area contributed by atoms with Gasteiger partial charge in [0.2, 0.25) is 0 Å². The Balaban J connectivity index is 1.64. The Bertz CT molecular complexity index is 1160. The van der Waals surface area contributed by atoms with Crippen molar-refractivity contribution in [1.29, 1.82) is 0 Å². The van der Waals surface area contributed by atoms with Gasteiger partial charge in [-0.25, -0.2) is 0 Å². The molecule has 0 N–H and O–H groups in total. The Morgan fingerprint density at radius 3 is 1.34 bits per heavy atom. The summed E-state index contributed by atoms with van der Waals surface area (Å²) >= 11 is 0. The van der Waals surface area contributed by atoms with Crippen molar-refractivity contribution in [3.63, 3.8) is 0 Å². The fourth-order valence-electron chi connectivity index (χ4n) is 4.24. The lowest BCUT2D eigenvalue weighted by Gasteiger charge is -2.17. The second kappa shape index (κ2) is 10.3. The molecule has 0 bridgehead atoms. The lowest BCUT2D eigenvalue weighted by molar-refractivity contribution is -0.124. The highest BCUT2D eigenvalue weighted by Gasteiger charge is 2.33. The van der Waals surface area contributed by atoms with Gasteiger partial charge >= 0.3 is 0 Å². The Labute approximate surface area is 203 Å². The summed E-state index contributed by atoms with van der Waals surface area (Å²) in [5, 5.41) is 0. The van der Waals surface area contributed by atoms with Gasteiger partial charge in [-0.15, -0.1) is 0 Å². The van der Waals surface area contributed by atoms with Gasteiger partial charge in [0.05, 0.1) is 0 Å². The Morgan fingerprint density at radius 1 is 0.629 bits per heavy atom. The number of carbonyl (C=O) groups excluding carboxylic acids is 4. The molecule has 0 heterocycles. The zero-order valence-electron chi connectivity index (χ0n) is 19.1. The number of hydrogen-bond donors (Lipinski definition) is 0. The standard InChI is InChI=1S/C29H24O6/c1-3-13-34-26-16-18(5-7-20(26)28-22(30)9-10-23(28)31)15-19-6-8-21(27(17-19)35-14-4-2)29-24(32)11-12-25(29)33/h3-12,16-17,28-29H,1-2,13-15H2. The van der Waals surface area contributed by atoms with E-state index in [9.17, 15) is 19.2 Å². The van der Waals surface area contributed by atoms with Gasteiger partial charge in [0.1, 0.15) is 36.5 Å². The molecule has 0 saturated carbocycles. The number of carbonyl (C=O) groups is 4. The molecule has 2 aromatic rings. The van der Waals surface area contributed by atoms with Crippen molar-refractivity contribution >= 4 is 23.1 Å². The highest BCUT2D eigenvalue weighted by molar-refractivity contribution is 6.23. The van der Waals surface area contributed by atoms with Crippen LogP contribution in [0.3, 0.4) is 0 Å². The quantitative estimate of drug-likeness (QED) is 0.387. The molecule has 0 fully saturated rings. The Kier molecular flexibility index (Phi) is 7.01. The zero-order chi connectivity index (χ0) is 24.9. The van der Waals surface area contributed by atoms with E-state index < -0.39 is 11.8 Å². The van der Waals surface area contributed by atoms with Gasteiger partial charge in [0, 0.05) is 11.1 Å². The van der Waals surface area contributed by atoms with E-state index in [0.29, 0.717) is 29.0 Å². The van der Waals surface area contributed by atoms with Crippen LogP contribution in [0, 0.1) is 0 Å². The van der Waals surface area contributed by atoms with Crippen molar-refractivity contribution < 1.29 is 28.7 Å². The van der Waals surface area contributed by atoms with Crippen LogP contribution in [-0.4, -0.2) is 36.3 Å². The molecular weight excluding hydrogens is 444 g/mol. The Morgan fingerprint density at radius 2 is 1.00 bits per heavy atom. The first-order chi connectivity index (χ1) is 16.9. The molecule has 6 heteroatoms. The van der Waals surface area contributed by atoms with Gasteiger partial charge in [0.25, 0.3) is 0 Å². The monoisotopic (exact) mass is 468 g/mol.